The van der Waals surface area contributed by atoms with Gasteiger partial charge in [-0.1, -0.05) is 31.2 Å². The zero-order valence-corrected chi connectivity index (χ0v) is 15.6. The molecule has 1 unspecified atom stereocenters. The van der Waals surface area contributed by atoms with Crippen molar-refractivity contribution >= 4 is 27.3 Å². The largest absolute Gasteiger partial charge is 0.478 e. The predicted molar refractivity (Wildman–Crippen MR) is 102 cm³/mol. The molecule has 0 aliphatic carbocycles. The minimum absolute atomic E-state index is 0.183. The third-order valence-corrected chi connectivity index (χ3v) is 5.50. The second-order valence-corrected chi connectivity index (χ2v) is 8.14. The molecule has 0 aromatic heterocycles. The summed E-state index contributed by atoms with van der Waals surface area (Å²) < 4.78 is 31.3. The van der Waals surface area contributed by atoms with E-state index < -0.39 is 16.1 Å². The number of nitrogens with one attached hydrogen (secondary N) is 1. The Morgan fingerprint density at radius 2 is 1.88 bits per heavy atom. The molecule has 6 nitrogen and oxygen atoms in total. The lowest BCUT2D eigenvalue weighted by Gasteiger charge is -2.20. The molecular formula is C19H22N2O4S. The van der Waals surface area contributed by atoms with Gasteiger partial charge in [-0.05, 0) is 36.2 Å². The molecule has 0 saturated carbocycles. The Morgan fingerprint density at radius 1 is 1.19 bits per heavy atom. The molecule has 0 radical (unpaired) electrons. The van der Waals surface area contributed by atoms with Crippen molar-refractivity contribution < 1.29 is 17.9 Å². The number of fused-ring (bicyclic) bond motifs is 1. The molecule has 0 saturated heterocycles. The Balaban J connectivity index is 1.80. The number of carbonyl (C=O) groups excluding carboxylic acids is 1. The highest BCUT2D eigenvalue weighted by atomic mass is 32.2. The van der Waals surface area contributed by atoms with Gasteiger partial charge in [-0.15, -0.1) is 0 Å². The van der Waals surface area contributed by atoms with Crippen molar-refractivity contribution in [3.63, 3.8) is 0 Å². The van der Waals surface area contributed by atoms with Crippen LogP contribution in [0, 0.1) is 0 Å². The number of rotatable bonds is 4. The van der Waals surface area contributed by atoms with Crippen LogP contribution in [0.25, 0.3) is 0 Å². The van der Waals surface area contributed by atoms with E-state index in [9.17, 15) is 13.2 Å². The minimum atomic E-state index is -3.46. The summed E-state index contributed by atoms with van der Waals surface area (Å²) in [6.07, 6.45) is 1.58. The Labute approximate surface area is 153 Å². The number of sulfonamides is 1. The van der Waals surface area contributed by atoms with Gasteiger partial charge in [0.05, 0.1) is 11.9 Å². The fraction of sp³-hybridized carbons (Fsp3) is 0.316. The summed E-state index contributed by atoms with van der Waals surface area (Å²) >= 11 is 0. The van der Waals surface area contributed by atoms with E-state index in [0.717, 1.165) is 12.7 Å². The van der Waals surface area contributed by atoms with Crippen LogP contribution in [-0.2, 0) is 21.2 Å². The zero-order chi connectivity index (χ0) is 18.7. The first-order valence-corrected chi connectivity index (χ1v) is 10.4. The predicted octanol–water partition coefficient (Wildman–Crippen LogP) is 2.80. The van der Waals surface area contributed by atoms with Crippen molar-refractivity contribution in [1.29, 1.82) is 0 Å². The van der Waals surface area contributed by atoms with E-state index in [2.05, 4.69) is 12.2 Å². The van der Waals surface area contributed by atoms with E-state index in [1.54, 1.807) is 24.3 Å². The SMILES string of the molecule is CCc1ccc(NC(=O)C2CCN(S(C)(=O)=O)c3ccccc3O2)cc1. The van der Waals surface area contributed by atoms with Gasteiger partial charge in [0.15, 0.2) is 6.10 Å². The molecule has 1 N–H and O–H groups in total. The van der Waals surface area contributed by atoms with Crippen LogP contribution in [0.15, 0.2) is 48.5 Å². The second-order valence-electron chi connectivity index (χ2n) is 6.24. The Kier molecular flexibility index (Phi) is 5.18. The lowest BCUT2D eigenvalue weighted by atomic mass is 10.1. The molecule has 0 bridgehead atoms. The average Bonchev–Trinajstić information content (AvgIpc) is 2.82. The van der Waals surface area contributed by atoms with Crippen molar-refractivity contribution in [1.82, 2.24) is 0 Å². The van der Waals surface area contributed by atoms with Gasteiger partial charge in [-0.3, -0.25) is 9.10 Å². The maximum absolute atomic E-state index is 12.6. The van der Waals surface area contributed by atoms with Crippen molar-refractivity contribution in [2.45, 2.75) is 25.9 Å². The third kappa shape index (κ3) is 3.99. The van der Waals surface area contributed by atoms with Crippen molar-refractivity contribution in [2.24, 2.45) is 0 Å². The number of hydrogen-bond acceptors (Lipinski definition) is 4. The fourth-order valence-corrected chi connectivity index (χ4v) is 3.85. The number of benzene rings is 2. The van der Waals surface area contributed by atoms with Gasteiger partial charge in [0.1, 0.15) is 5.75 Å². The molecule has 1 heterocycles. The van der Waals surface area contributed by atoms with Gasteiger partial charge in [-0.2, -0.15) is 0 Å². The summed E-state index contributed by atoms with van der Waals surface area (Å²) in [5.41, 5.74) is 2.33. The molecule has 1 aliphatic rings. The molecule has 1 atom stereocenters. The van der Waals surface area contributed by atoms with E-state index in [-0.39, 0.29) is 18.9 Å². The Morgan fingerprint density at radius 3 is 2.54 bits per heavy atom. The van der Waals surface area contributed by atoms with E-state index in [1.807, 2.05) is 24.3 Å². The average molecular weight is 374 g/mol. The Bertz CT molecular complexity index is 894. The molecule has 1 amide bonds. The summed E-state index contributed by atoms with van der Waals surface area (Å²) in [6.45, 7) is 2.25. The summed E-state index contributed by atoms with van der Waals surface area (Å²) in [5.74, 6) is 0.0938. The van der Waals surface area contributed by atoms with Gasteiger partial charge < -0.3 is 10.1 Å². The van der Waals surface area contributed by atoms with Crippen LogP contribution < -0.4 is 14.4 Å². The van der Waals surface area contributed by atoms with Gasteiger partial charge in [-0.25, -0.2) is 8.42 Å². The van der Waals surface area contributed by atoms with Crippen molar-refractivity contribution in [2.75, 3.05) is 22.4 Å². The van der Waals surface area contributed by atoms with Crippen LogP contribution in [0.5, 0.6) is 5.75 Å². The molecule has 138 valence electrons. The zero-order valence-electron chi connectivity index (χ0n) is 14.8. The first-order valence-electron chi connectivity index (χ1n) is 8.51. The first-order chi connectivity index (χ1) is 12.4. The third-order valence-electron chi connectivity index (χ3n) is 4.32. The number of amides is 1. The van der Waals surface area contributed by atoms with E-state index >= 15 is 0 Å². The molecule has 2 aromatic carbocycles. The monoisotopic (exact) mass is 374 g/mol. The van der Waals surface area contributed by atoms with E-state index in [1.165, 1.54) is 9.87 Å². The maximum atomic E-state index is 12.6. The number of aryl methyl sites for hydroxylation is 1. The van der Waals surface area contributed by atoms with Crippen LogP contribution in [0.2, 0.25) is 0 Å². The molecule has 2 aromatic rings. The number of para-hydroxylation sites is 2. The van der Waals surface area contributed by atoms with Gasteiger partial charge in [0.25, 0.3) is 5.91 Å². The number of carbonyl (C=O) groups is 1. The van der Waals surface area contributed by atoms with Gasteiger partial charge in [0.2, 0.25) is 10.0 Å². The fourth-order valence-electron chi connectivity index (χ4n) is 2.91. The van der Waals surface area contributed by atoms with Crippen LogP contribution in [0.3, 0.4) is 0 Å². The second kappa shape index (κ2) is 7.37. The van der Waals surface area contributed by atoms with Gasteiger partial charge >= 0.3 is 0 Å². The normalized spacial score (nSPS) is 17.0. The van der Waals surface area contributed by atoms with Crippen molar-refractivity contribution in [3.8, 4) is 5.75 Å². The number of nitrogens with zero attached hydrogens (tertiary/aromatic N) is 1. The Hall–Kier alpha value is -2.54. The summed E-state index contributed by atoms with van der Waals surface area (Å²) in [4.78, 5) is 12.6. The number of hydrogen-bond donors (Lipinski definition) is 1. The highest BCUT2D eigenvalue weighted by molar-refractivity contribution is 7.92. The van der Waals surface area contributed by atoms with Crippen LogP contribution in [-0.4, -0.2) is 33.2 Å². The van der Waals surface area contributed by atoms with Crippen LogP contribution >= 0.6 is 0 Å². The lowest BCUT2D eigenvalue weighted by Crippen LogP contribution is -2.35. The van der Waals surface area contributed by atoms with Crippen LogP contribution in [0.4, 0.5) is 11.4 Å². The highest BCUT2D eigenvalue weighted by Crippen LogP contribution is 2.34. The number of anilines is 2. The minimum Gasteiger partial charge on any atom is -0.478 e. The van der Waals surface area contributed by atoms with Gasteiger partial charge in [0, 0.05) is 18.7 Å². The lowest BCUT2D eigenvalue weighted by molar-refractivity contribution is -0.122. The summed E-state index contributed by atoms with van der Waals surface area (Å²) in [6, 6.07) is 14.5. The molecule has 0 spiro atoms. The molecule has 7 heteroatoms. The topological polar surface area (TPSA) is 75.7 Å². The molecular weight excluding hydrogens is 352 g/mol. The molecule has 1 aliphatic heterocycles. The quantitative estimate of drug-likeness (QED) is 0.893. The number of ether oxygens (including phenoxy) is 1. The first kappa shape index (κ1) is 18.3. The van der Waals surface area contributed by atoms with E-state index in [0.29, 0.717) is 17.1 Å². The van der Waals surface area contributed by atoms with Crippen molar-refractivity contribution in [3.05, 3.63) is 54.1 Å². The standard InChI is InChI=1S/C19H22N2O4S/c1-3-14-8-10-15(11-9-14)20-19(22)18-12-13-21(26(2,23)24)16-6-4-5-7-17(16)25-18/h4-11,18H,3,12-13H2,1-2H3,(H,20,22). The molecule has 26 heavy (non-hydrogen) atoms. The summed E-state index contributed by atoms with van der Waals surface area (Å²) in [7, 11) is -3.46. The maximum Gasteiger partial charge on any atom is 0.265 e. The molecule has 3 rings (SSSR count). The van der Waals surface area contributed by atoms with E-state index in [4.69, 9.17) is 4.74 Å². The highest BCUT2D eigenvalue weighted by Gasteiger charge is 2.31. The summed E-state index contributed by atoms with van der Waals surface area (Å²) in [5, 5.41) is 2.84. The van der Waals surface area contributed by atoms with Crippen LogP contribution in [0.1, 0.15) is 18.9 Å². The molecule has 0 fully saturated rings. The smallest absolute Gasteiger partial charge is 0.265 e.